The van der Waals surface area contributed by atoms with Crippen LogP contribution < -0.4 is 16.0 Å². The Morgan fingerprint density at radius 1 is 0.851 bits per heavy atom. The summed E-state index contributed by atoms with van der Waals surface area (Å²) in [7, 11) is 6.57. The molecule has 2 aromatic carbocycles. The lowest BCUT2D eigenvalue weighted by molar-refractivity contribution is -0.148. The van der Waals surface area contributed by atoms with Crippen molar-refractivity contribution in [3.05, 3.63) is 65.7 Å². The molecule has 0 aliphatic carbocycles. The van der Waals surface area contributed by atoms with Crippen molar-refractivity contribution in [2.24, 2.45) is 23.7 Å². The molecule has 1 heterocycles. The lowest BCUT2D eigenvalue weighted by atomic mass is 9.89. The second-order valence-corrected chi connectivity index (χ2v) is 19.8. The van der Waals surface area contributed by atoms with E-state index in [0.717, 1.165) is 11.1 Å². The van der Waals surface area contributed by atoms with Crippen LogP contribution in [0.3, 0.4) is 0 Å². The van der Waals surface area contributed by atoms with Crippen molar-refractivity contribution in [2.75, 3.05) is 40.2 Å². The molecule has 1 saturated heterocycles. The molecular formula is C51H80N6O10. The highest BCUT2D eigenvalue weighted by Crippen LogP contribution is 2.30. The minimum atomic E-state index is -1.15. The van der Waals surface area contributed by atoms with Crippen LogP contribution in [-0.2, 0) is 51.1 Å². The number of amides is 5. The number of hydrogen-bond acceptors (Lipinski definition) is 10. The first-order valence-corrected chi connectivity index (χ1v) is 23.7. The topological polar surface area (TPSA) is 196 Å². The fourth-order valence-electron chi connectivity index (χ4n) is 9.20. The van der Waals surface area contributed by atoms with Crippen LogP contribution in [0.2, 0.25) is 0 Å². The van der Waals surface area contributed by atoms with Gasteiger partial charge in [-0.15, -0.1) is 0 Å². The molecule has 16 heteroatoms. The molecule has 1 aliphatic rings. The monoisotopic (exact) mass is 937 g/mol. The molecule has 9 atom stereocenters. The number of nitrogens with zero attached hydrogens (tertiary/aromatic N) is 3. The predicted molar refractivity (Wildman–Crippen MR) is 259 cm³/mol. The zero-order chi connectivity index (χ0) is 50.3. The number of carbonyl (C=O) groups excluding carboxylic acids is 5. The van der Waals surface area contributed by atoms with Gasteiger partial charge in [0, 0.05) is 46.5 Å². The molecule has 16 nitrogen and oxygen atoms in total. The van der Waals surface area contributed by atoms with E-state index in [1.54, 1.807) is 50.6 Å². The summed E-state index contributed by atoms with van der Waals surface area (Å²) in [6.07, 6.45) is 0.000466. The molecule has 3 rings (SSSR count). The van der Waals surface area contributed by atoms with E-state index in [1.165, 1.54) is 14.2 Å². The van der Waals surface area contributed by atoms with Gasteiger partial charge in [0.1, 0.15) is 17.7 Å². The van der Waals surface area contributed by atoms with Crippen molar-refractivity contribution in [1.29, 1.82) is 0 Å². The van der Waals surface area contributed by atoms with Crippen LogP contribution in [0.4, 0.5) is 10.5 Å². The Morgan fingerprint density at radius 2 is 1.49 bits per heavy atom. The molecule has 0 aromatic heterocycles. The number of likely N-dealkylation sites (N-methyl/N-ethyl adjacent to an activating group) is 2. The molecule has 0 bridgehead atoms. The normalized spacial score (nSPS) is 17.7. The summed E-state index contributed by atoms with van der Waals surface area (Å²) >= 11 is 0. The van der Waals surface area contributed by atoms with Gasteiger partial charge in [-0.2, -0.15) is 0 Å². The van der Waals surface area contributed by atoms with Crippen LogP contribution in [0.1, 0.15) is 106 Å². The van der Waals surface area contributed by atoms with Crippen molar-refractivity contribution in [3.8, 4) is 0 Å². The summed E-state index contributed by atoms with van der Waals surface area (Å²) < 4.78 is 17.4. The van der Waals surface area contributed by atoms with Crippen LogP contribution in [0.25, 0.3) is 0 Å². The number of carboxylic acids is 1. The number of aliphatic carboxylic acids is 1. The van der Waals surface area contributed by atoms with Crippen LogP contribution in [0.5, 0.6) is 0 Å². The van der Waals surface area contributed by atoms with E-state index >= 15 is 0 Å². The van der Waals surface area contributed by atoms with E-state index in [4.69, 9.17) is 14.2 Å². The first kappa shape index (κ1) is 56.3. The second kappa shape index (κ2) is 25.9. The zero-order valence-electron chi connectivity index (χ0n) is 42.5. The Morgan fingerprint density at radius 3 is 2.04 bits per heavy atom. The number of ether oxygens (including phenoxy) is 3. The summed E-state index contributed by atoms with van der Waals surface area (Å²) in [5, 5.41) is 18.5. The van der Waals surface area contributed by atoms with Gasteiger partial charge in [-0.3, -0.25) is 29.4 Å². The highest BCUT2D eigenvalue weighted by Gasteiger charge is 2.43. The van der Waals surface area contributed by atoms with Gasteiger partial charge in [-0.25, -0.2) is 9.59 Å². The Labute approximate surface area is 399 Å². The van der Waals surface area contributed by atoms with Crippen molar-refractivity contribution >= 4 is 41.4 Å². The van der Waals surface area contributed by atoms with E-state index < -0.39 is 71.9 Å². The third-order valence-electron chi connectivity index (χ3n) is 12.8. The van der Waals surface area contributed by atoms with Crippen molar-refractivity contribution in [2.45, 2.75) is 156 Å². The van der Waals surface area contributed by atoms with Crippen LogP contribution in [-0.4, -0.2) is 138 Å². The number of anilines is 1. The highest BCUT2D eigenvalue weighted by atomic mass is 16.6. The van der Waals surface area contributed by atoms with Crippen LogP contribution in [0, 0.1) is 23.7 Å². The van der Waals surface area contributed by atoms with Gasteiger partial charge in [-0.1, -0.05) is 97.4 Å². The molecule has 67 heavy (non-hydrogen) atoms. The predicted octanol–water partition coefficient (Wildman–Crippen LogP) is 6.36. The SMILES string of the molecule is CC[C@H](C)[C@@H]([C@H](CC(=O)N1CCCC1[C@H](OC)[C@@H](C)C(=O)N[C@@H](Cc1ccccc1)C(=O)O)OC)N(C)C(=O)[C@@H](NC(=O)[C@H](C(C)C)N(C)Cc1cccc(NC(=O)OC(C)(C)C)c1)C(C)C. The van der Waals surface area contributed by atoms with Gasteiger partial charge in [0.05, 0.1) is 42.7 Å². The van der Waals surface area contributed by atoms with Crippen molar-refractivity contribution in [3.63, 3.8) is 0 Å². The number of carbonyl (C=O) groups is 6. The highest BCUT2D eigenvalue weighted by molar-refractivity contribution is 5.90. The van der Waals surface area contributed by atoms with Gasteiger partial charge in [-0.05, 0) is 81.7 Å². The molecule has 1 fully saturated rings. The maximum Gasteiger partial charge on any atom is 0.412 e. The molecule has 0 spiro atoms. The maximum atomic E-state index is 14.7. The minimum Gasteiger partial charge on any atom is -0.480 e. The summed E-state index contributed by atoms with van der Waals surface area (Å²) in [4.78, 5) is 86.8. The molecule has 374 valence electrons. The standard InChI is InChI=1S/C51H80N6O10/c1-15-33(6)44(40(65-13)29-41(58)57-26-20-25-39(57)45(66-14)34(7)46(59)53-38(49(62)63)28-35-21-17-16-18-22-35)56(12)48(61)42(31(2)3)54-47(60)43(32(4)5)55(11)30-36-23-19-24-37(27-36)52-50(64)67-51(8,9)10/h16-19,21-24,27,31-34,38-40,42-45H,15,20,25-26,28-30H2,1-14H3,(H,52,64)(H,53,59)(H,54,60)(H,62,63)/t33-,34+,38-,39?,40-,42-,43-,44-,45+/m0/s1. The van der Waals surface area contributed by atoms with E-state index in [1.807, 2.05) is 102 Å². The Kier molecular flexibility index (Phi) is 21.8. The average molecular weight is 937 g/mol. The smallest absolute Gasteiger partial charge is 0.412 e. The molecule has 2 aromatic rings. The second-order valence-electron chi connectivity index (χ2n) is 19.8. The van der Waals surface area contributed by atoms with Gasteiger partial charge in [0.25, 0.3) is 0 Å². The molecule has 5 amide bonds. The van der Waals surface area contributed by atoms with E-state index in [2.05, 4.69) is 16.0 Å². The average Bonchev–Trinajstić information content (AvgIpc) is 3.74. The zero-order valence-corrected chi connectivity index (χ0v) is 42.5. The lowest BCUT2D eigenvalue weighted by Crippen LogP contribution is -2.60. The number of benzene rings is 2. The fraction of sp³-hybridized carbons (Fsp3) is 0.647. The van der Waals surface area contributed by atoms with E-state index in [-0.39, 0.29) is 48.3 Å². The van der Waals surface area contributed by atoms with Gasteiger partial charge < -0.3 is 39.8 Å². The quantitative estimate of drug-likeness (QED) is 0.0915. The van der Waals surface area contributed by atoms with Crippen molar-refractivity contribution < 1.29 is 48.1 Å². The summed E-state index contributed by atoms with van der Waals surface area (Å²) in [6.45, 7) is 19.6. The number of hydrogen-bond donors (Lipinski definition) is 4. The maximum absolute atomic E-state index is 14.7. The van der Waals surface area contributed by atoms with Crippen molar-refractivity contribution in [1.82, 2.24) is 25.3 Å². The lowest BCUT2D eigenvalue weighted by Gasteiger charge is -2.41. The molecular weight excluding hydrogens is 857 g/mol. The summed E-state index contributed by atoms with van der Waals surface area (Å²) in [5.74, 6) is -3.76. The molecule has 0 radical (unpaired) electrons. The van der Waals surface area contributed by atoms with Gasteiger partial charge >= 0.3 is 12.1 Å². The molecule has 0 saturated carbocycles. The first-order chi connectivity index (χ1) is 31.4. The number of carboxylic acid groups (broad SMARTS) is 1. The number of rotatable bonds is 24. The number of likely N-dealkylation sites (tertiary alicyclic amines) is 1. The van der Waals surface area contributed by atoms with Crippen LogP contribution >= 0.6 is 0 Å². The van der Waals surface area contributed by atoms with Crippen LogP contribution in [0.15, 0.2) is 54.6 Å². The molecule has 1 aliphatic heterocycles. The summed E-state index contributed by atoms with van der Waals surface area (Å²) in [5.41, 5.74) is 1.55. The van der Waals surface area contributed by atoms with E-state index in [9.17, 15) is 33.9 Å². The Hall–Kier alpha value is -5.06. The van der Waals surface area contributed by atoms with Gasteiger partial charge in [0.15, 0.2) is 0 Å². The number of methoxy groups -OCH3 is 2. The van der Waals surface area contributed by atoms with Gasteiger partial charge in [0.2, 0.25) is 23.6 Å². The largest absolute Gasteiger partial charge is 0.480 e. The summed E-state index contributed by atoms with van der Waals surface area (Å²) in [6, 6.07) is 12.8. The minimum absolute atomic E-state index is 0.0534. The third kappa shape index (κ3) is 16.3. The Bertz CT molecular complexity index is 1940. The Balaban J connectivity index is 1.77. The molecule has 4 N–H and O–H groups in total. The molecule has 1 unspecified atom stereocenters. The van der Waals surface area contributed by atoms with E-state index in [0.29, 0.717) is 38.0 Å². The third-order valence-corrected chi connectivity index (χ3v) is 12.8. The fourth-order valence-corrected chi connectivity index (χ4v) is 9.20. The first-order valence-electron chi connectivity index (χ1n) is 23.7. The number of nitrogens with one attached hydrogen (secondary N) is 3.